The Morgan fingerprint density at radius 3 is 2.56 bits per heavy atom. The van der Waals surface area contributed by atoms with Crippen LogP contribution in [-0.2, 0) is 6.42 Å². The molecule has 0 saturated carbocycles. The van der Waals surface area contributed by atoms with Crippen molar-refractivity contribution in [3.8, 4) is 5.75 Å². The summed E-state index contributed by atoms with van der Waals surface area (Å²) in [7, 11) is 1.62. The van der Waals surface area contributed by atoms with E-state index in [1.165, 1.54) is 0 Å². The molecule has 1 aromatic carbocycles. The number of methoxy groups -OCH3 is 1. The fraction of sp³-hybridized carbons (Fsp3) is 0.143. The van der Waals surface area contributed by atoms with Crippen molar-refractivity contribution < 1.29 is 14.1 Å². The quantitative estimate of drug-likeness (QED) is 0.644. The summed E-state index contributed by atoms with van der Waals surface area (Å²) < 4.78 is 7.42. The van der Waals surface area contributed by atoms with Gasteiger partial charge in [-0.2, -0.15) is 0 Å². The molecule has 0 aliphatic carbocycles. The van der Waals surface area contributed by atoms with Crippen LogP contribution in [0.1, 0.15) is 10.4 Å². The SMILES string of the molecule is COc1ccc(CC(=O)[n+]2ccccc2Br)cc1. The van der Waals surface area contributed by atoms with Crippen LogP contribution in [0.25, 0.3) is 0 Å². The average Bonchev–Trinajstić information content (AvgIpc) is 2.40. The summed E-state index contributed by atoms with van der Waals surface area (Å²) in [6, 6.07) is 13.0. The zero-order valence-corrected chi connectivity index (χ0v) is 11.6. The first-order valence-electron chi connectivity index (χ1n) is 5.53. The van der Waals surface area contributed by atoms with Gasteiger partial charge >= 0.3 is 5.91 Å². The van der Waals surface area contributed by atoms with Crippen LogP contribution < -0.4 is 9.30 Å². The molecule has 0 radical (unpaired) electrons. The lowest BCUT2D eigenvalue weighted by atomic mass is 10.1. The number of hydrogen-bond acceptors (Lipinski definition) is 2. The molecule has 1 aromatic heterocycles. The Hall–Kier alpha value is -1.68. The highest BCUT2D eigenvalue weighted by Gasteiger charge is 2.18. The van der Waals surface area contributed by atoms with Crippen LogP contribution in [0.2, 0.25) is 0 Å². The molecule has 0 fully saturated rings. The van der Waals surface area contributed by atoms with Gasteiger partial charge in [-0.15, -0.1) is 4.57 Å². The Balaban J connectivity index is 2.14. The number of nitrogens with zero attached hydrogens (tertiary/aromatic N) is 1. The molecule has 3 nitrogen and oxygen atoms in total. The Morgan fingerprint density at radius 1 is 1.22 bits per heavy atom. The van der Waals surface area contributed by atoms with Gasteiger partial charge < -0.3 is 4.74 Å². The van der Waals surface area contributed by atoms with Gasteiger partial charge in [-0.05, 0) is 23.8 Å². The summed E-state index contributed by atoms with van der Waals surface area (Å²) in [5.74, 6) is 0.812. The van der Waals surface area contributed by atoms with E-state index in [0.717, 1.165) is 15.9 Å². The van der Waals surface area contributed by atoms with Gasteiger partial charge in [-0.1, -0.05) is 12.1 Å². The van der Waals surface area contributed by atoms with E-state index in [9.17, 15) is 4.79 Å². The molecule has 0 bridgehead atoms. The van der Waals surface area contributed by atoms with Gasteiger partial charge in [0.1, 0.15) is 5.75 Å². The molecule has 2 rings (SSSR count). The van der Waals surface area contributed by atoms with Crippen LogP contribution in [-0.4, -0.2) is 13.0 Å². The molecular weight excluding hydrogens is 294 g/mol. The van der Waals surface area contributed by atoms with Crippen molar-refractivity contribution in [3.05, 3.63) is 58.8 Å². The fourth-order valence-electron chi connectivity index (χ4n) is 1.63. The van der Waals surface area contributed by atoms with Crippen molar-refractivity contribution in [1.29, 1.82) is 0 Å². The molecule has 4 heteroatoms. The third-order valence-corrected chi connectivity index (χ3v) is 3.24. The van der Waals surface area contributed by atoms with Crippen molar-refractivity contribution in [3.63, 3.8) is 0 Å². The standard InChI is InChI=1S/C14H13BrNO2/c1-18-12-7-5-11(6-8-12)10-14(17)16-9-3-2-4-13(16)15/h2-9H,10H2,1H3/q+1. The Bertz CT molecular complexity index is 552. The predicted octanol–water partition coefficient (Wildman–Crippen LogP) is 2.63. The third-order valence-electron chi connectivity index (χ3n) is 2.59. The van der Waals surface area contributed by atoms with Gasteiger partial charge in [0.05, 0.1) is 13.5 Å². The van der Waals surface area contributed by atoms with Crippen molar-refractivity contribution in [1.82, 2.24) is 0 Å². The summed E-state index contributed by atoms with van der Waals surface area (Å²) in [6.45, 7) is 0. The summed E-state index contributed by atoms with van der Waals surface area (Å²) in [5, 5.41) is 0. The monoisotopic (exact) mass is 306 g/mol. The zero-order valence-electron chi connectivity index (χ0n) is 9.97. The predicted molar refractivity (Wildman–Crippen MR) is 71.7 cm³/mol. The van der Waals surface area contributed by atoms with Crippen molar-refractivity contribution in [2.75, 3.05) is 7.11 Å². The van der Waals surface area contributed by atoms with E-state index in [-0.39, 0.29) is 5.91 Å². The molecule has 1 heterocycles. The number of pyridine rings is 1. The molecule has 0 N–H and O–H groups in total. The van der Waals surface area contributed by atoms with Crippen LogP contribution in [0.5, 0.6) is 5.75 Å². The Morgan fingerprint density at radius 2 is 1.94 bits per heavy atom. The summed E-state index contributed by atoms with van der Waals surface area (Å²) in [4.78, 5) is 12.1. The van der Waals surface area contributed by atoms with Gasteiger partial charge in [0.15, 0.2) is 6.20 Å². The largest absolute Gasteiger partial charge is 0.497 e. The highest BCUT2D eigenvalue weighted by molar-refractivity contribution is 9.10. The number of hydrogen-bond donors (Lipinski definition) is 0. The van der Waals surface area contributed by atoms with Crippen molar-refractivity contribution >= 4 is 21.8 Å². The van der Waals surface area contributed by atoms with Crippen LogP contribution in [0.15, 0.2) is 53.3 Å². The van der Waals surface area contributed by atoms with Gasteiger partial charge in [0.25, 0.3) is 4.60 Å². The second kappa shape index (κ2) is 5.78. The maximum Gasteiger partial charge on any atom is 0.397 e. The molecule has 18 heavy (non-hydrogen) atoms. The number of benzene rings is 1. The van der Waals surface area contributed by atoms with Crippen LogP contribution >= 0.6 is 15.9 Å². The number of carbonyl (C=O) groups is 1. The van der Waals surface area contributed by atoms with Gasteiger partial charge in [-0.25, -0.2) is 4.79 Å². The summed E-state index contributed by atoms with van der Waals surface area (Å²) in [6.07, 6.45) is 2.10. The Labute approximate surface area is 114 Å². The summed E-state index contributed by atoms with van der Waals surface area (Å²) in [5.41, 5.74) is 0.962. The van der Waals surface area contributed by atoms with E-state index in [1.54, 1.807) is 17.9 Å². The number of carbonyl (C=O) groups excluding carboxylic acids is 1. The molecule has 92 valence electrons. The fourth-order valence-corrected chi connectivity index (χ4v) is 2.10. The van der Waals surface area contributed by atoms with Crippen molar-refractivity contribution in [2.24, 2.45) is 0 Å². The maximum atomic E-state index is 12.1. The molecular formula is C14H13BrNO2+. The third kappa shape index (κ3) is 2.96. The molecule has 0 aliphatic rings. The van der Waals surface area contributed by atoms with Crippen LogP contribution in [0.3, 0.4) is 0 Å². The lowest BCUT2D eigenvalue weighted by molar-refractivity contribution is -0.585. The number of halogens is 1. The first kappa shape index (κ1) is 12.8. The number of rotatable bonds is 3. The zero-order chi connectivity index (χ0) is 13.0. The second-order valence-electron chi connectivity index (χ2n) is 3.81. The van der Waals surface area contributed by atoms with E-state index in [4.69, 9.17) is 4.74 Å². The molecule has 0 spiro atoms. The van der Waals surface area contributed by atoms with Gasteiger partial charge in [0, 0.05) is 28.1 Å². The van der Waals surface area contributed by atoms with Crippen molar-refractivity contribution in [2.45, 2.75) is 6.42 Å². The first-order valence-corrected chi connectivity index (χ1v) is 6.32. The highest BCUT2D eigenvalue weighted by atomic mass is 79.9. The molecule has 0 aliphatic heterocycles. The molecule has 0 saturated heterocycles. The topological polar surface area (TPSA) is 30.2 Å². The highest BCUT2D eigenvalue weighted by Crippen LogP contribution is 2.12. The molecule has 0 atom stereocenters. The second-order valence-corrected chi connectivity index (χ2v) is 4.62. The lowest BCUT2D eigenvalue weighted by Crippen LogP contribution is -2.44. The minimum atomic E-state index is 0.0210. The van der Waals surface area contributed by atoms with Crippen LogP contribution in [0.4, 0.5) is 0 Å². The normalized spacial score (nSPS) is 10.1. The minimum Gasteiger partial charge on any atom is -0.497 e. The lowest BCUT2D eigenvalue weighted by Gasteiger charge is -2.01. The smallest absolute Gasteiger partial charge is 0.397 e. The van der Waals surface area contributed by atoms with Crippen LogP contribution in [0, 0.1) is 0 Å². The first-order chi connectivity index (χ1) is 8.70. The maximum absolute atomic E-state index is 12.1. The molecule has 2 aromatic rings. The number of aromatic nitrogens is 1. The average molecular weight is 307 g/mol. The van der Waals surface area contributed by atoms with Gasteiger partial charge in [-0.3, -0.25) is 0 Å². The van der Waals surface area contributed by atoms with E-state index < -0.39 is 0 Å². The minimum absolute atomic E-state index is 0.0210. The van der Waals surface area contributed by atoms with E-state index in [1.807, 2.05) is 42.5 Å². The van der Waals surface area contributed by atoms with Gasteiger partial charge in [0.2, 0.25) is 0 Å². The number of ether oxygens (including phenoxy) is 1. The Kier molecular flexibility index (Phi) is 4.10. The molecule has 0 amide bonds. The van der Waals surface area contributed by atoms with E-state index >= 15 is 0 Å². The summed E-state index contributed by atoms with van der Waals surface area (Å²) >= 11 is 3.36. The van der Waals surface area contributed by atoms with E-state index in [2.05, 4.69) is 15.9 Å². The van der Waals surface area contributed by atoms with E-state index in [0.29, 0.717) is 6.42 Å². The molecule has 0 unspecified atom stereocenters.